The van der Waals surface area contributed by atoms with E-state index >= 15 is 0 Å². The van der Waals surface area contributed by atoms with Crippen LogP contribution in [-0.4, -0.2) is 12.7 Å². The average Bonchev–Trinajstić information content (AvgIpc) is 2.38. The van der Waals surface area contributed by atoms with E-state index in [0.717, 1.165) is 12.8 Å². The minimum atomic E-state index is -0.452. The standard InChI is InChI=1S/C16H26FNO2/c1-4-5-6-7-8-9-19-16-11-15(20-12(2)3)13(17)10-14(16)18/h10-12H,4-9,18H2,1-3H3. The predicted octanol–water partition coefficient (Wildman–Crippen LogP) is 4.54. The lowest BCUT2D eigenvalue weighted by atomic mass is 10.2. The maximum absolute atomic E-state index is 13.7. The molecule has 0 spiro atoms. The Bertz CT molecular complexity index is 408. The van der Waals surface area contributed by atoms with Crippen molar-refractivity contribution < 1.29 is 13.9 Å². The van der Waals surface area contributed by atoms with Gasteiger partial charge >= 0.3 is 0 Å². The van der Waals surface area contributed by atoms with E-state index in [2.05, 4.69) is 6.92 Å². The SMILES string of the molecule is CCCCCCCOc1cc(OC(C)C)c(F)cc1N. The fraction of sp³-hybridized carbons (Fsp3) is 0.625. The third kappa shape index (κ3) is 5.68. The Morgan fingerprint density at radius 3 is 2.45 bits per heavy atom. The molecule has 0 heterocycles. The Kier molecular flexibility index (Phi) is 7.20. The Balaban J connectivity index is 2.52. The molecule has 0 atom stereocenters. The van der Waals surface area contributed by atoms with Gasteiger partial charge in [0.2, 0.25) is 0 Å². The van der Waals surface area contributed by atoms with Crippen molar-refractivity contribution in [2.75, 3.05) is 12.3 Å². The zero-order valence-electron chi connectivity index (χ0n) is 12.7. The molecule has 3 nitrogen and oxygen atoms in total. The zero-order valence-corrected chi connectivity index (χ0v) is 12.7. The summed E-state index contributed by atoms with van der Waals surface area (Å²) in [6.45, 7) is 6.49. The minimum Gasteiger partial charge on any atom is -0.491 e. The first-order chi connectivity index (χ1) is 9.54. The molecule has 0 radical (unpaired) electrons. The van der Waals surface area contributed by atoms with Gasteiger partial charge < -0.3 is 15.2 Å². The molecule has 0 bridgehead atoms. The Hall–Kier alpha value is -1.45. The van der Waals surface area contributed by atoms with Gasteiger partial charge in [0.25, 0.3) is 0 Å². The molecule has 0 saturated heterocycles. The number of benzene rings is 1. The van der Waals surface area contributed by atoms with E-state index in [1.165, 1.54) is 31.4 Å². The first kappa shape index (κ1) is 16.6. The first-order valence-corrected chi connectivity index (χ1v) is 7.43. The number of hydrogen-bond acceptors (Lipinski definition) is 3. The highest BCUT2D eigenvalue weighted by Gasteiger charge is 2.11. The molecule has 1 aromatic rings. The van der Waals surface area contributed by atoms with Crippen molar-refractivity contribution in [3.8, 4) is 11.5 Å². The molecule has 0 aliphatic rings. The summed E-state index contributed by atoms with van der Waals surface area (Å²) in [5.41, 5.74) is 6.08. The number of unbranched alkanes of at least 4 members (excludes halogenated alkanes) is 4. The van der Waals surface area contributed by atoms with Gasteiger partial charge in [0.15, 0.2) is 11.6 Å². The molecule has 0 aliphatic carbocycles. The maximum Gasteiger partial charge on any atom is 0.167 e. The molecule has 1 aromatic carbocycles. The van der Waals surface area contributed by atoms with Gasteiger partial charge in [0, 0.05) is 12.1 Å². The second-order valence-corrected chi connectivity index (χ2v) is 5.25. The molecular formula is C16H26FNO2. The van der Waals surface area contributed by atoms with Crippen molar-refractivity contribution in [1.82, 2.24) is 0 Å². The van der Waals surface area contributed by atoms with Crippen molar-refractivity contribution in [2.24, 2.45) is 0 Å². The molecule has 4 heteroatoms. The third-order valence-electron chi connectivity index (χ3n) is 2.93. The van der Waals surface area contributed by atoms with Crippen LogP contribution in [0.4, 0.5) is 10.1 Å². The van der Waals surface area contributed by atoms with Gasteiger partial charge in [-0.2, -0.15) is 0 Å². The normalized spacial score (nSPS) is 10.8. The lowest BCUT2D eigenvalue weighted by Crippen LogP contribution is -2.08. The number of nitrogen functional groups attached to an aromatic ring is 1. The summed E-state index contributed by atoms with van der Waals surface area (Å²) in [6, 6.07) is 2.79. The second-order valence-electron chi connectivity index (χ2n) is 5.25. The molecule has 2 N–H and O–H groups in total. The van der Waals surface area contributed by atoms with Crippen LogP contribution in [0.2, 0.25) is 0 Å². The molecule has 0 saturated carbocycles. The quantitative estimate of drug-likeness (QED) is 0.534. The van der Waals surface area contributed by atoms with Crippen molar-refractivity contribution in [3.05, 3.63) is 17.9 Å². The third-order valence-corrected chi connectivity index (χ3v) is 2.93. The lowest BCUT2D eigenvalue weighted by molar-refractivity contribution is 0.228. The van der Waals surface area contributed by atoms with Gasteiger partial charge in [-0.15, -0.1) is 0 Å². The molecule has 1 rings (SSSR count). The van der Waals surface area contributed by atoms with Gasteiger partial charge in [-0.25, -0.2) is 4.39 Å². The van der Waals surface area contributed by atoms with Gasteiger partial charge in [0.05, 0.1) is 18.4 Å². The van der Waals surface area contributed by atoms with Crippen LogP contribution in [0.5, 0.6) is 11.5 Å². The van der Waals surface area contributed by atoms with Gasteiger partial charge in [0.1, 0.15) is 5.75 Å². The maximum atomic E-state index is 13.7. The van der Waals surface area contributed by atoms with Crippen LogP contribution in [0.25, 0.3) is 0 Å². The summed E-state index contributed by atoms with van der Waals surface area (Å²) >= 11 is 0. The Labute approximate surface area is 121 Å². The van der Waals surface area contributed by atoms with Crippen LogP contribution in [0.15, 0.2) is 12.1 Å². The van der Waals surface area contributed by atoms with E-state index in [4.69, 9.17) is 15.2 Å². The van der Waals surface area contributed by atoms with E-state index < -0.39 is 5.82 Å². The molecule has 0 unspecified atom stereocenters. The second kappa shape index (κ2) is 8.67. The fourth-order valence-electron chi connectivity index (χ4n) is 1.91. The lowest BCUT2D eigenvalue weighted by Gasteiger charge is -2.14. The van der Waals surface area contributed by atoms with Gasteiger partial charge in [-0.1, -0.05) is 32.6 Å². The number of rotatable bonds is 9. The molecular weight excluding hydrogens is 257 g/mol. The van der Waals surface area contributed by atoms with Crippen molar-refractivity contribution in [3.63, 3.8) is 0 Å². The minimum absolute atomic E-state index is 0.0879. The predicted molar refractivity (Wildman–Crippen MR) is 80.8 cm³/mol. The molecule has 0 aromatic heterocycles. The Morgan fingerprint density at radius 1 is 1.10 bits per heavy atom. The van der Waals surface area contributed by atoms with Crippen LogP contribution in [-0.2, 0) is 0 Å². The van der Waals surface area contributed by atoms with E-state index in [1.807, 2.05) is 13.8 Å². The van der Waals surface area contributed by atoms with Crippen LogP contribution >= 0.6 is 0 Å². The molecule has 114 valence electrons. The van der Waals surface area contributed by atoms with E-state index in [0.29, 0.717) is 18.0 Å². The number of ether oxygens (including phenoxy) is 2. The monoisotopic (exact) mass is 283 g/mol. The average molecular weight is 283 g/mol. The molecule has 0 amide bonds. The van der Waals surface area contributed by atoms with E-state index in [-0.39, 0.29) is 11.9 Å². The summed E-state index contributed by atoms with van der Waals surface area (Å²) in [7, 11) is 0. The number of hydrogen-bond donors (Lipinski definition) is 1. The van der Waals surface area contributed by atoms with Crippen LogP contribution in [0, 0.1) is 5.82 Å². The summed E-state index contributed by atoms with van der Waals surface area (Å²) in [5.74, 6) is 0.235. The topological polar surface area (TPSA) is 44.5 Å². The first-order valence-electron chi connectivity index (χ1n) is 7.43. The fourth-order valence-corrected chi connectivity index (χ4v) is 1.91. The van der Waals surface area contributed by atoms with Crippen LogP contribution in [0.3, 0.4) is 0 Å². The number of anilines is 1. The largest absolute Gasteiger partial charge is 0.491 e. The van der Waals surface area contributed by atoms with Crippen molar-refractivity contribution in [2.45, 2.75) is 59.0 Å². The molecule has 0 aliphatic heterocycles. The summed E-state index contributed by atoms with van der Waals surface area (Å²) in [6.07, 6.45) is 5.74. The highest BCUT2D eigenvalue weighted by molar-refractivity contribution is 5.56. The van der Waals surface area contributed by atoms with E-state index in [9.17, 15) is 4.39 Å². The summed E-state index contributed by atoms with van der Waals surface area (Å²) in [4.78, 5) is 0. The molecule has 0 fully saturated rings. The Morgan fingerprint density at radius 2 is 1.80 bits per heavy atom. The van der Waals surface area contributed by atoms with Crippen LogP contribution in [0.1, 0.15) is 52.9 Å². The van der Waals surface area contributed by atoms with Crippen molar-refractivity contribution in [1.29, 1.82) is 0 Å². The highest BCUT2D eigenvalue weighted by Crippen LogP contribution is 2.30. The zero-order chi connectivity index (χ0) is 15.0. The summed E-state index contributed by atoms with van der Waals surface area (Å²) in [5, 5.41) is 0. The van der Waals surface area contributed by atoms with Crippen LogP contribution < -0.4 is 15.2 Å². The number of halogens is 1. The van der Waals surface area contributed by atoms with Gasteiger partial charge in [-0.3, -0.25) is 0 Å². The highest BCUT2D eigenvalue weighted by atomic mass is 19.1. The van der Waals surface area contributed by atoms with E-state index in [1.54, 1.807) is 0 Å². The summed E-state index contributed by atoms with van der Waals surface area (Å²) < 4.78 is 24.7. The number of nitrogens with two attached hydrogens (primary N) is 1. The molecule has 20 heavy (non-hydrogen) atoms. The van der Waals surface area contributed by atoms with Crippen molar-refractivity contribution >= 4 is 5.69 Å². The smallest absolute Gasteiger partial charge is 0.167 e. The van der Waals surface area contributed by atoms with Gasteiger partial charge in [-0.05, 0) is 20.3 Å².